The van der Waals surface area contributed by atoms with Gasteiger partial charge in [0.25, 0.3) is 11.8 Å². The molecule has 2 aromatic rings. The zero-order chi connectivity index (χ0) is 17.7. The summed E-state index contributed by atoms with van der Waals surface area (Å²) in [5, 5.41) is 14.2. The molecule has 1 heterocycles. The quantitative estimate of drug-likeness (QED) is 0.753. The van der Waals surface area contributed by atoms with Crippen LogP contribution in [0, 0.1) is 5.92 Å². The van der Waals surface area contributed by atoms with Crippen LogP contribution < -0.4 is 10.6 Å². The fourth-order valence-electron chi connectivity index (χ4n) is 2.11. The molecule has 0 saturated heterocycles. The Kier molecular flexibility index (Phi) is 5.36. The van der Waals surface area contributed by atoms with Gasteiger partial charge >= 0.3 is 5.97 Å². The second-order valence-corrected chi connectivity index (χ2v) is 5.51. The molecule has 126 valence electrons. The standard InChI is InChI=1S/C17H18N2O5/c1-10(2)14(17(22)23)19-15(20)11-6-3-4-7-12(11)18-16(21)13-8-5-9-24-13/h3-10,14H,1-2H3,(H,18,21)(H,19,20)(H,22,23)/t14-/m1/s1. The summed E-state index contributed by atoms with van der Waals surface area (Å²) in [5.41, 5.74) is 0.439. The van der Waals surface area contributed by atoms with Crippen molar-refractivity contribution in [2.24, 2.45) is 5.92 Å². The zero-order valence-electron chi connectivity index (χ0n) is 13.3. The molecule has 3 N–H and O–H groups in total. The summed E-state index contributed by atoms with van der Waals surface area (Å²) < 4.78 is 5.01. The predicted molar refractivity (Wildman–Crippen MR) is 86.8 cm³/mol. The molecule has 0 aliphatic rings. The molecule has 1 atom stereocenters. The third-order valence-electron chi connectivity index (χ3n) is 3.38. The Morgan fingerprint density at radius 2 is 1.75 bits per heavy atom. The largest absolute Gasteiger partial charge is 0.480 e. The molecule has 24 heavy (non-hydrogen) atoms. The molecule has 7 heteroatoms. The fraction of sp³-hybridized carbons (Fsp3) is 0.235. The molecule has 7 nitrogen and oxygen atoms in total. The van der Waals surface area contributed by atoms with Gasteiger partial charge in [0, 0.05) is 0 Å². The van der Waals surface area contributed by atoms with Gasteiger partial charge in [0.05, 0.1) is 17.5 Å². The molecular weight excluding hydrogens is 312 g/mol. The topological polar surface area (TPSA) is 109 Å². The van der Waals surface area contributed by atoms with Crippen molar-refractivity contribution in [2.45, 2.75) is 19.9 Å². The first-order valence-electron chi connectivity index (χ1n) is 7.37. The van der Waals surface area contributed by atoms with Crippen molar-refractivity contribution in [3.05, 3.63) is 54.0 Å². The maximum absolute atomic E-state index is 12.4. The summed E-state index contributed by atoms with van der Waals surface area (Å²) in [6.45, 7) is 3.40. The second-order valence-electron chi connectivity index (χ2n) is 5.51. The Balaban J connectivity index is 2.20. The molecule has 0 radical (unpaired) electrons. The van der Waals surface area contributed by atoms with Crippen molar-refractivity contribution in [3.8, 4) is 0 Å². The Labute approximate surface area is 138 Å². The Bertz CT molecular complexity index is 737. The van der Waals surface area contributed by atoms with Crippen molar-refractivity contribution in [1.29, 1.82) is 0 Å². The minimum absolute atomic E-state index is 0.107. The van der Waals surface area contributed by atoms with E-state index >= 15 is 0 Å². The SMILES string of the molecule is CC(C)[C@@H](NC(=O)c1ccccc1NC(=O)c1ccco1)C(=O)O. The Morgan fingerprint density at radius 3 is 2.33 bits per heavy atom. The fourth-order valence-corrected chi connectivity index (χ4v) is 2.11. The number of hydrogen-bond donors (Lipinski definition) is 3. The summed E-state index contributed by atoms with van der Waals surface area (Å²) in [7, 11) is 0. The van der Waals surface area contributed by atoms with Crippen LogP contribution >= 0.6 is 0 Å². The van der Waals surface area contributed by atoms with Gasteiger partial charge < -0.3 is 20.2 Å². The van der Waals surface area contributed by atoms with Gasteiger partial charge in [-0.15, -0.1) is 0 Å². The molecular formula is C17H18N2O5. The lowest BCUT2D eigenvalue weighted by molar-refractivity contribution is -0.140. The van der Waals surface area contributed by atoms with Crippen LogP contribution in [0.25, 0.3) is 0 Å². The Hall–Kier alpha value is -3.09. The highest BCUT2D eigenvalue weighted by molar-refractivity contribution is 6.08. The van der Waals surface area contributed by atoms with Crippen molar-refractivity contribution in [2.75, 3.05) is 5.32 Å². The number of carboxylic acid groups (broad SMARTS) is 1. The molecule has 0 aliphatic carbocycles. The molecule has 1 aromatic carbocycles. The van der Waals surface area contributed by atoms with Crippen LogP contribution in [0.3, 0.4) is 0 Å². The number of anilines is 1. The number of aliphatic carboxylic acids is 1. The molecule has 2 rings (SSSR count). The minimum atomic E-state index is -1.12. The number of nitrogens with one attached hydrogen (secondary N) is 2. The lowest BCUT2D eigenvalue weighted by Gasteiger charge is -2.19. The summed E-state index contributed by atoms with van der Waals surface area (Å²) in [4.78, 5) is 35.7. The molecule has 0 aliphatic heterocycles. The molecule has 0 unspecified atom stereocenters. The predicted octanol–water partition coefficient (Wildman–Crippen LogP) is 2.37. The van der Waals surface area contributed by atoms with Gasteiger partial charge in [-0.25, -0.2) is 4.79 Å². The van der Waals surface area contributed by atoms with Crippen LogP contribution in [0.1, 0.15) is 34.8 Å². The van der Waals surface area contributed by atoms with E-state index in [2.05, 4.69) is 10.6 Å². The molecule has 1 aromatic heterocycles. The van der Waals surface area contributed by atoms with Crippen LogP contribution in [-0.4, -0.2) is 28.9 Å². The average molecular weight is 330 g/mol. The Morgan fingerprint density at radius 1 is 1.04 bits per heavy atom. The van der Waals surface area contributed by atoms with Crippen LogP contribution in [0.5, 0.6) is 0 Å². The molecule has 0 spiro atoms. The first-order valence-corrected chi connectivity index (χ1v) is 7.37. The highest BCUT2D eigenvalue weighted by Gasteiger charge is 2.25. The number of carbonyl (C=O) groups is 3. The van der Waals surface area contributed by atoms with Gasteiger partial charge in [-0.1, -0.05) is 26.0 Å². The van der Waals surface area contributed by atoms with E-state index < -0.39 is 23.8 Å². The smallest absolute Gasteiger partial charge is 0.326 e. The number of benzene rings is 1. The first kappa shape index (κ1) is 17.3. The van der Waals surface area contributed by atoms with Gasteiger partial charge in [-0.3, -0.25) is 9.59 Å². The lowest BCUT2D eigenvalue weighted by atomic mass is 10.0. The van der Waals surface area contributed by atoms with Crippen LogP contribution in [-0.2, 0) is 4.79 Å². The average Bonchev–Trinajstić information content (AvgIpc) is 3.06. The highest BCUT2D eigenvalue weighted by atomic mass is 16.4. The maximum atomic E-state index is 12.4. The van der Waals surface area contributed by atoms with Crippen LogP contribution in [0.4, 0.5) is 5.69 Å². The first-order chi connectivity index (χ1) is 11.4. The van der Waals surface area contributed by atoms with Gasteiger partial charge in [0.1, 0.15) is 6.04 Å². The molecule has 0 bridgehead atoms. The number of para-hydroxylation sites is 1. The van der Waals surface area contributed by atoms with Gasteiger partial charge in [-0.05, 0) is 30.2 Å². The summed E-state index contributed by atoms with van der Waals surface area (Å²) in [6.07, 6.45) is 1.37. The molecule has 2 amide bonds. The van der Waals surface area contributed by atoms with E-state index in [1.807, 2.05) is 0 Å². The van der Waals surface area contributed by atoms with Crippen molar-refractivity contribution in [1.82, 2.24) is 5.32 Å². The number of furan rings is 1. The lowest BCUT2D eigenvalue weighted by Crippen LogP contribution is -2.44. The molecule has 0 saturated carbocycles. The van der Waals surface area contributed by atoms with Crippen LogP contribution in [0.15, 0.2) is 47.1 Å². The zero-order valence-corrected chi connectivity index (χ0v) is 13.3. The normalized spacial score (nSPS) is 11.8. The van der Waals surface area contributed by atoms with E-state index in [1.54, 1.807) is 38.1 Å². The highest BCUT2D eigenvalue weighted by Crippen LogP contribution is 2.17. The van der Waals surface area contributed by atoms with Crippen molar-refractivity contribution < 1.29 is 23.9 Å². The van der Waals surface area contributed by atoms with Gasteiger partial charge in [0.15, 0.2) is 5.76 Å². The van der Waals surface area contributed by atoms with Gasteiger partial charge in [-0.2, -0.15) is 0 Å². The van der Waals surface area contributed by atoms with E-state index in [-0.39, 0.29) is 22.9 Å². The summed E-state index contributed by atoms with van der Waals surface area (Å²) >= 11 is 0. The van der Waals surface area contributed by atoms with E-state index in [0.717, 1.165) is 0 Å². The third kappa shape index (κ3) is 4.01. The number of hydrogen-bond acceptors (Lipinski definition) is 4. The van der Waals surface area contributed by atoms with E-state index in [9.17, 15) is 19.5 Å². The monoisotopic (exact) mass is 330 g/mol. The number of carbonyl (C=O) groups excluding carboxylic acids is 2. The van der Waals surface area contributed by atoms with E-state index in [0.29, 0.717) is 0 Å². The summed E-state index contributed by atoms with van der Waals surface area (Å²) in [6, 6.07) is 8.40. The summed E-state index contributed by atoms with van der Waals surface area (Å²) in [5.74, 6) is -2.37. The van der Waals surface area contributed by atoms with Gasteiger partial charge in [0.2, 0.25) is 0 Å². The number of amides is 2. The minimum Gasteiger partial charge on any atom is -0.480 e. The third-order valence-corrected chi connectivity index (χ3v) is 3.38. The second kappa shape index (κ2) is 7.45. The number of carboxylic acids is 1. The van der Waals surface area contributed by atoms with E-state index in [4.69, 9.17) is 4.42 Å². The molecule has 0 fully saturated rings. The number of rotatable bonds is 6. The maximum Gasteiger partial charge on any atom is 0.326 e. The van der Waals surface area contributed by atoms with E-state index in [1.165, 1.54) is 18.4 Å². The van der Waals surface area contributed by atoms with Crippen molar-refractivity contribution in [3.63, 3.8) is 0 Å². The van der Waals surface area contributed by atoms with Crippen molar-refractivity contribution >= 4 is 23.5 Å². The van der Waals surface area contributed by atoms with Crippen LogP contribution in [0.2, 0.25) is 0 Å².